The number of ether oxygens (including phenoxy) is 1. The van der Waals surface area contributed by atoms with Crippen molar-refractivity contribution in [1.82, 2.24) is 0 Å². The number of hydrogen-bond donors (Lipinski definition) is 3. The molecule has 3 aliphatic rings. The average Bonchev–Trinajstić information content (AvgIpc) is 3.07. The number of amides is 1. The first kappa shape index (κ1) is 36.6. The number of anilines is 2. The maximum atomic E-state index is 13.6. The topological polar surface area (TPSA) is 162 Å². The zero-order valence-electron chi connectivity index (χ0n) is 26.4. The number of aliphatic carboxylic acids is 2. The van der Waals surface area contributed by atoms with E-state index in [-0.39, 0.29) is 42.5 Å². The second kappa shape index (κ2) is 16.2. The summed E-state index contributed by atoms with van der Waals surface area (Å²) in [4.78, 5) is 58.3. The summed E-state index contributed by atoms with van der Waals surface area (Å²) in [5, 5.41) is 23.5. The van der Waals surface area contributed by atoms with Crippen LogP contribution in [-0.2, 0) is 23.9 Å². The van der Waals surface area contributed by atoms with Crippen molar-refractivity contribution in [3.05, 3.63) is 96.1 Å². The Morgan fingerprint density at radius 2 is 1.43 bits per heavy atom. The van der Waals surface area contributed by atoms with Crippen molar-refractivity contribution in [2.45, 2.75) is 44.0 Å². The number of carbonyl (C=O) groups excluding carboxylic acids is 4. The molecule has 0 radical (unpaired) electrons. The molecule has 3 aromatic rings. The molecule has 2 atom stereocenters. The highest BCUT2D eigenvalue weighted by Crippen LogP contribution is 2.37. The summed E-state index contributed by atoms with van der Waals surface area (Å²) < 4.78 is 38.3. The Kier molecular flexibility index (Phi) is 12.1. The molecule has 1 amide bonds. The Hall–Kier alpha value is -5.24. The lowest BCUT2D eigenvalue weighted by Crippen LogP contribution is -2.65. The molecule has 14 heteroatoms. The number of esters is 1. The van der Waals surface area contributed by atoms with E-state index in [0.717, 1.165) is 37.2 Å². The summed E-state index contributed by atoms with van der Waals surface area (Å²) >= 11 is 0. The maximum absolute atomic E-state index is 13.6. The van der Waals surface area contributed by atoms with E-state index in [4.69, 9.17) is 19.7 Å². The summed E-state index contributed by atoms with van der Waals surface area (Å²) in [5.74, 6) is -4.47. The maximum Gasteiger partial charge on any atom is 0.430 e. The molecule has 0 saturated carbocycles. The summed E-state index contributed by atoms with van der Waals surface area (Å²) in [6, 6.07) is 25.2. The first-order chi connectivity index (χ1) is 23.2. The van der Waals surface area contributed by atoms with Crippen LogP contribution in [0.1, 0.15) is 47.6 Å². The standard InChI is InChI=1S/C33H35N3O6.C2HF3O2/c37-28(23-11-13-27(14-12-23)34-30(38)15-16-31(39)40)21-36-19-17-24(18-20-36)29(22-36)42-33(41)32(25-7-3-1-4-8-25)35-26-9-5-2-6-10-26;3-2(4,5)1(6)7/h1-14,24,29,32,35H,15-22H2,(H-,34,37,38,39,40);(H,6,7)/t24?,29-,32+,36?;/m0./s1. The minimum absolute atomic E-state index is 0.00270. The monoisotopic (exact) mass is 683 g/mol. The van der Waals surface area contributed by atoms with Gasteiger partial charge in [-0.05, 0) is 42.0 Å². The van der Waals surface area contributed by atoms with E-state index in [9.17, 15) is 32.3 Å². The molecule has 3 aliphatic heterocycles. The van der Waals surface area contributed by atoms with Gasteiger partial charge in [0.15, 0.2) is 12.1 Å². The van der Waals surface area contributed by atoms with E-state index in [1.165, 1.54) is 0 Å². The number of quaternary nitrogens is 1. The van der Waals surface area contributed by atoms with E-state index >= 15 is 0 Å². The quantitative estimate of drug-likeness (QED) is 0.146. The number of benzene rings is 3. The number of nitrogens with one attached hydrogen (secondary N) is 2. The number of fused-ring (bicyclic) bond motifs is 3. The fourth-order valence-electron chi connectivity index (χ4n) is 6.00. The Morgan fingerprint density at radius 1 is 0.857 bits per heavy atom. The summed E-state index contributed by atoms with van der Waals surface area (Å²) in [7, 11) is 0. The SMILES string of the molecule is O=C(O)CCC(=O)Nc1ccc(C(=O)C[N+]23CCC(CC2)[C@@H](OC(=O)[C@H](Nc2ccccc2)c2ccccc2)C3)cc1.O=C([O-])C(F)(F)F. The van der Waals surface area contributed by atoms with Gasteiger partial charge in [0.05, 0.1) is 19.5 Å². The fourth-order valence-corrected chi connectivity index (χ4v) is 6.00. The largest absolute Gasteiger partial charge is 0.542 e. The summed E-state index contributed by atoms with van der Waals surface area (Å²) in [5.41, 5.74) is 2.71. The van der Waals surface area contributed by atoms with Crippen LogP contribution in [0.2, 0.25) is 0 Å². The molecule has 2 bridgehead atoms. The lowest BCUT2D eigenvalue weighted by Gasteiger charge is -2.51. The highest BCUT2D eigenvalue weighted by molar-refractivity contribution is 5.98. The van der Waals surface area contributed by atoms with Crippen LogP contribution in [0.4, 0.5) is 24.5 Å². The molecule has 0 unspecified atom stereocenters. The van der Waals surface area contributed by atoms with Crippen molar-refractivity contribution in [2.75, 3.05) is 36.8 Å². The van der Waals surface area contributed by atoms with Crippen molar-refractivity contribution in [2.24, 2.45) is 5.92 Å². The van der Waals surface area contributed by atoms with Gasteiger partial charge in [-0.15, -0.1) is 0 Å². The number of hydrogen-bond acceptors (Lipinski definition) is 8. The van der Waals surface area contributed by atoms with Crippen LogP contribution in [0.3, 0.4) is 0 Å². The van der Waals surface area contributed by atoms with Gasteiger partial charge >= 0.3 is 18.1 Å². The van der Waals surface area contributed by atoms with Gasteiger partial charge < -0.3 is 34.9 Å². The van der Waals surface area contributed by atoms with Crippen LogP contribution >= 0.6 is 0 Å². The smallest absolute Gasteiger partial charge is 0.430 e. The number of nitrogens with zero attached hydrogens (tertiary/aromatic N) is 1. The van der Waals surface area contributed by atoms with Crippen molar-refractivity contribution >= 4 is 41.0 Å². The van der Waals surface area contributed by atoms with Gasteiger partial charge in [0, 0.05) is 42.1 Å². The molecular formula is C35H36F3N3O8. The number of carbonyl (C=O) groups is 5. The number of carboxylic acids is 2. The van der Waals surface area contributed by atoms with Crippen molar-refractivity contribution in [1.29, 1.82) is 0 Å². The summed E-state index contributed by atoms with van der Waals surface area (Å²) in [6.07, 6.45) is -4.02. The fraction of sp³-hybridized carbons (Fsp3) is 0.343. The number of halogens is 3. The second-order valence-corrected chi connectivity index (χ2v) is 12.0. The summed E-state index contributed by atoms with van der Waals surface area (Å²) in [6.45, 7) is 2.65. The van der Waals surface area contributed by atoms with E-state index in [0.29, 0.717) is 28.8 Å². The highest BCUT2D eigenvalue weighted by atomic mass is 19.4. The number of ketones is 1. The van der Waals surface area contributed by atoms with Crippen LogP contribution in [0.5, 0.6) is 0 Å². The molecule has 6 rings (SSSR count). The van der Waals surface area contributed by atoms with E-state index < -0.39 is 24.2 Å². The molecule has 3 fully saturated rings. The third-order valence-corrected chi connectivity index (χ3v) is 8.53. The van der Waals surface area contributed by atoms with E-state index in [1.807, 2.05) is 60.7 Å². The van der Waals surface area contributed by atoms with E-state index in [1.54, 1.807) is 24.3 Å². The third-order valence-electron chi connectivity index (χ3n) is 8.53. The van der Waals surface area contributed by atoms with E-state index in [2.05, 4.69) is 10.6 Å². The molecule has 0 spiro atoms. The predicted octanol–water partition coefficient (Wildman–Crippen LogP) is 3.98. The van der Waals surface area contributed by atoms with Crippen LogP contribution in [0.25, 0.3) is 0 Å². The molecule has 11 nitrogen and oxygen atoms in total. The van der Waals surface area contributed by atoms with Gasteiger partial charge in [-0.1, -0.05) is 48.5 Å². The number of piperidine rings is 3. The van der Waals surface area contributed by atoms with Gasteiger partial charge in [0.25, 0.3) is 0 Å². The van der Waals surface area contributed by atoms with Crippen LogP contribution in [0, 0.1) is 5.92 Å². The Balaban J connectivity index is 0.000000698. The molecule has 0 aliphatic carbocycles. The minimum atomic E-state index is -5.19. The number of Topliss-reactive ketones (excluding diaryl/α,β-unsaturated/α-hetero) is 1. The Bertz CT molecular complexity index is 1610. The molecule has 3 saturated heterocycles. The van der Waals surface area contributed by atoms with Gasteiger partial charge in [-0.2, -0.15) is 13.2 Å². The van der Waals surface area contributed by atoms with Crippen LogP contribution in [-0.4, -0.2) is 77.6 Å². The average molecular weight is 684 g/mol. The molecule has 49 heavy (non-hydrogen) atoms. The lowest BCUT2D eigenvalue weighted by atomic mass is 9.82. The number of carboxylic acid groups (broad SMARTS) is 2. The molecule has 260 valence electrons. The molecule has 3 heterocycles. The number of alkyl halides is 3. The normalized spacial score (nSPS) is 20.1. The van der Waals surface area contributed by atoms with Crippen LogP contribution < -0.4 is 15.7 Å². The number of para-hydroxylation sites is 1. The van der Waals surface area contributed by atoms with Crippen molar-refractivity contribution in [3.8, 4) is 0 Å². The van der Waals surface area contributed by atoms with Gasteiger partial charge in [0.1, 0.15) is 19.1 Å². The Labute approximate surface area is 280 Å². The highest BCUT2D eigenvalue weighted by Gasteiger charge is 2.49. The van der Waals surface area contributed by atoms with Gasteiger partial charge in [-0.25, -0.2) is 4.79 Å². The van der Waals surface area contributed by atoms with Crippen LogP contribution in [0.15, 0.2) is 84.9 Å². The predicted molar refractivity (Wildman–Crippen MR) is 169 cm³/mol. The van der Waals surface area contributed by atoms with Crippen molar-refractivity contribution < 1.29 is 56.6 Å². The number of rotatable bonds is 12. The van der Waals surface area contributed by atoms with Crippen molar-refractivity contribution in [3.63, 3.8) is 0 Å². The van der Waals surface area contributed by atoms with Gasteiger partial charge in [0.2, 0.25) is 11.7 Å². The van der Waals surface area contributed by atoms with Gasteiger partial charge in [-0.3, -0.25) is 14.4 Å². The minimum Gasteiger partial charge on any atom is -0.542 e. The zero-order chi connectivity index (χ0) is 35.6. The second-order valence-electron chi connectivity index (χ2n) is 12.0. The molecule has 3 aromatic carbocycles. The lowest BCUT2D eigenvalue weighted by molar-refractivity contribution is -0.938. The Morgan fingerprint density at radius 3 is 1.98 bits per heavy atom. The first-order valence-electron chi connectivity index (χ1n) is 15.6. The molecular weight excluding hydrogens is 647 g/mol. The molecule has 0 aromatic heterocycles. The first-order valence-corrected chi connectivity index (χ1v) is 15.6. The molecule has 3 N–H and O–H groups in total. The zero-order valence-corrected chi connectivity index (χ0v) is 26.4. The third kappa shape index (κ3) is 10.6.